The van der Waals surface area contributed by atoms with Gasteiger partial charge in [-0.1, -0.05) is 56.8 Å². The van der Waals surface area contributed by atoms with Crippen molar-refractivity contribution in [2.75, 3.05) is 12.3 Å². The number of carbonyl (C=O) groups excluding carboxylic acids is 3. The van der Waals surface area contributed by atoms with Gasteiger partial charge in [0.15, 0.2) is 5.78 Å². The number of hydrogen-bond donors (Lipinski definition) is 1. The third kappa shape index (κ3) is 4.61. The molecule has 1 saturated heterocycles. The molecule has 6 heteroatoms. The normalized spacial score (nSPS) is 21.3. The minimum atomic E-state index is -0.515. The third-order valence-corrected chi connectivity index (χ3v) is 5.94. The van der Waals surface area contributed by atoms with Gasteiger partial charge in [-0.15, -0.1) is 0 Å². The van der Waals surface area contributed by atoms with Crippen LogP contribution in [-0.2, 0) is 20.8 Å². The molecule has 1 aliphatic heterocycles. The van der Waals surface area contributed by atoms with Crippen molar-refractivity contribution in [2.45, 2.75) is 46.1 Å². The number of ketones is 1. The minimum absolute atomic E-state index is 0.0172. The molecule has 0 radical (unpaired) electrons. The van der Waals surface area contributed by atoms with E-state index in [1.165, 1.54) is 28.3 Å². The fourth-order valence-corrected chi connectivity index (χ4v) is 4.26. The van der Waals surface area contributed by atoms with Crippen molar-refractivity contribution >= 4 is 29.4 Å². The van der Waals surface area contributed by atoms with Gasteiger partial charge in [-0.25, -0.2) is 0 Å². The first-order valence-electron chi connectivity index (χ1n) is 9.32. The Kier molecular flexibility index (Phi) is 5.75. The average Bonchev–Trinajstić information content (AvgIpc) is 2.94. The zero-order valence-electron chi connectivity index (χ0n) is 16.1. The number of thioether (sulfide) groups is 1. The van der Waals surface area contributed by atoms with Crippen molar-refractivity contribution in [3.63, 3.8) is 0 Å². The van der Waals surface area contributed by atoms with Gasteiger partial charge in [0.1, 0.15) is 6.54 Å². The molecule has 1 N–H and O–H groups in total. The molecule has 0 spiro atoms. The minimum Gasteiger partial charge on any atom is -0.348 e. The maximum absolute atomic E-state index is 12.6. The standard InChI is InChI=1S/C21H26N2O3S/c1-21(2,3)17(24)11-20-23(19(26)13-27-20)12-18(25)22-16-10-6-8-14-7-4-5-9-15(14)16/h4-5,7,9,11,16H,6,8,10,12-13H2,1-3H3,(H,22,25). The molecule has 1 aromatic rings. The molecule has 1 aliphatic carbocycles. The third-order valence-electron chi connectivity index (χ3n) is 4.91. The van der Waals surface area contributed by atoms with Gasteiger partial charge in [0.25, 0.3) is 0 Å². The molecule has 1 atom stereocenters. The zero-order chi connectivity index (χ0) is 19.6. The van der Waals surface area contributed by atoms with Crippen LogP contribution in [-0.4, -0.2) is 34.8 Å². The second kappa shape index (κ2) is 7.89. The summed E-state index contributed by atoms with van der Waals surface area (Å²) in [6, 6.07) is 8.16. The first-order chi connectivity index (χ1) is 12.8. The van der Waals surface area contributed by atoms with Crippen LogP contribution in [0, 0.1) is 5.41 Å². The topological polar surface area (TPSA) is 66.5 Å². The lowest BCUT2D eigenvalue weighted by Crippen LogP contribution is -2.40. The smallest absolute Gasteiger partial charge is 0.240 e. The zero-order valence-corrected chi connectivity index (χ0v) is 16.9. The van der Waals surface area contributed by atoms with Gasteiger partial charge in [-0.2, -0.15) is 0 Å². The number of nitrogens with zero attached hydrogens (tertiary/aromatic N) is 1. The van der Waals surface area contributed by atoms with E-state index in [0.717, 1.165) is 24.8 Å². The summed E-state index contributed by atoms with van der Waals surface area (Å²) in [4.78, 5) is 38.6. The van der Waals surface area contributed by atoms with Crippen LogP contribution in [0.5, 0.6) is 0 Å². The van der Waals surface area contributed by atoms with Crippen LogP contribution in [0.2, 0.25) is 0 Å². The number of aryl methyl sites for hydroxylation is 1. The number of allylic oxidation sites excluding steroid dienone is 1. The Hall–Kier alpha value is -2.08. The molecule has 1 aromatic carbocycles. The van der Waals surface area contributed by atoms with Crippen LogP contribution >= 0.6 is 11.8 Å². The van der Waals surface area contributed by atoms with Crippen molar-refractivity contribution in [2.24, 2.45) is 5.41 Å². The van der Waals surface area contributed by atoms with E-state index in [1.54, 1.807) is 0 Å². The highest BCUT2D eigenvalue weighted by Gasteiger charge is 2.31. The highest BCUT2D eigenvalue weighted by Crippen LogP contribution is 2.31. The second-order valence-electron chi connectivity index (χ2n) is 8.08. The molecule has 144 valence electrons. The summed E-state index contributed by atoms with van der Waals surface area (Å²) >= 11 is 1.32. The molecule has 0 bridgehead atoms. The molecule has 1 heterocycles. The molecule has 1 unspecified atom stereocenters. The molecule has 27 heavy (non-hydrogen) atoms. The fourth-order valence-electron chi connectivity index (χ4n) is 3.32. The summed E-state index contributed by atoms with van der Waals surface area (Å²) in [7, 11) is 0. The summed E-state index contributed by atoms with van der Waals surface area (Å²) in [5.74, 6) is -0.108. The molecule has 0 saturated carbocycles. The summed E-state index contributed by atoms with van der Waals surface area (Å²) in [5, 5.41) is 3.64. The highest BCUT2D eigenvalue weighted by atomic mass is 32.2. The lowest BCUT2D eigenvalue weighted by Gasteiger charge is -2.27. The van der Waals surface area contributed by atoms with Crippen LogP contribution in [0.25, 0.3) is 0 Å². The maximum Gasteiger partial charge on any atom is 0.240 e. The number of hydrogen-bond acceptors (Lipinski definition) is 4. The first-order valence-corrected chi connectivity index (χ1v) is 10.3. The molecular formula is C21H26N2O3S. The number of rotatable bonds is 4. The molecule has 2 aliphatic rings. The van der Waals surface area contributed by atoms with Gasteiger partial charge in [0.05, 0.1) is 16.8 Å². The Morgan fingerprint density at radius 3 is 2.78 bits per heavy atom. The van der Waals surface area contributed by atoms with Crippen molar-refractivity contribution in [3.05, 3.63) is 46.5 Å². The summed E-state index contributed by atoms with van der Waals surface area (Å²) in [6.45, 7) is 5.47. The van der Waals surface area contributed by atoms with E-state index in [2.05, 4.69) is 17.4 Å². The molecule has 1 fully saturated rings. The number of nitrogens with one attached hydrogen (secondary N) is 1. The van der Waals surface area contributed by atoms with Gasteiger partial charge in [0, 0.05) is 11.5 Å². The molecule has 3 rings (SSSR count). The number of fused-ring (bicyclic) bond motifs is 1. The molecular weight excluding hydrogens is 360 g/mol. The lowest BCUT2D eigenvalue weighted by atomic mass is 9.88. The molecule has 2 amide bonds. The van der Waals surface area contributed by atoms with Crippen LogP contribution in [0.1, 0.15) is 50.8 Å². The molecule has 0 aromatic heterocycles. The van der Waals surface area contributed by atoms with E-state index in [1.807, 2.05) is 32.9 Å². The average molecular weight is 387 g/mol. The van der Waals surface area contributed by atoms with Crippen LogP contribution in [0.15, 0.2) is 35.4 Å². The summed E-state index contributed by atoms with van der Waals surface area (Å²) in [6.07, 6.45) is 4.46. The van der Waals surface area contributed by atoms with Crippen molar-refractivity contribution in [3.8, 4) is 0 Å². The Labute approximate surface area is 164 Å². The van der Waals surface area contributed by atoms with Crippen molar-refractivity contribution in [1.29, 1.82) is 0 Å². The quantitative estimate of drug-likeness (QED) is 0.807. The van der Waals surface area contributed by atoms with Crippen molar-refractivity contribution in [1.82, 2.24) is 10.2 Å². The lowest BCUT2D eigenvalue weighted by molar-refractivity contribution is -0.131. The Bertz CT molecular complexity index is 795. The van der Waals surface area contributed by atoms with Crippen LogP contribution in [0.3, 0.4) is 0 Å². The van der Waals surface area contributed by atoms with Gasteiger partial charge >= 0.3 is 0 Å². The van der Waals surface area contributed by atoms with Crippen LogP contribution < -0.4 is 5.32 Å². The SMILES string of the molecule is CC(C)(C)C(=O)C=C1SCC(=O)N1CC(=O)NC1CCCc2ccccc21. The predicted octanol–water partition coefficient (Wildman–Crippen LogP) is 3.21. The summed E-state index contributed by atoms with van der Waals surface area (Å²) < 4.78 is 0. The Morgan fingerprint density at radius 1 is 1.30 bits per heavy atom. The van der Waals surface area contributed by atoms with E-state index >= 15 is 0 Å². The van der Waals surface area contributed by atoms with E-state index in [4.69, 9.17) is 0 Å². The van der Waals surface area contributed by atoms with Gasteiger partial charge in [0.2, 0.25) is 11.8 Å². The van der Waals surface area contributed by atoms with E-state index < -0.39 is 5.41 Å². The largest absolute Gasteiger partial charge is 0.348 e. The maximum atomic E-state index is 12.6. The number of amides is 2. The monoisotopic (exact) mass is 386 g/mol. The summed E-state index contributed by atoms with van der Waals surface area (Å²) in [5.41, 5.74) is 1.93. The van der Waals surface area contributed by atoms with E-state index in [0.29, 0.717) is 5.03 Å². The number of benzene rings is 1. The Morgan fingerprint density at radius 2 is 2.04 bits per heavy atom. The van der Waals surface area contributed by atoms with Gasteiger partial charge in [-0.05, 0) is 30.4 Å². The highest BCUT2D eigenvalue weighted by molar-refractivity contribution is 8.04. The number of carbonyl (C=O) groups is 3. The molecule has 5 nitrogen and oxygen atoms in total. The first kappa shape index (κ1) is 19.7. The second-order valence-corrected chi connectivity index (χ2v) is 9.07. The Balaban J connectivity index is 1.69. The van der Waals surface area contributed by atoms with Crippen molar-refractivity contribution < 1.29 is 14.4 Å². The predicted molar refractivity (Wildman–Crippen MR) is 107 cm³/mol. The fraction of sp³-hybridized carbons (Fsp3) is 0.476. The van der Waals surface area contributed by atoms with E-state index in [9.17, 15) is 14.4 Å². The van der Waals surface area contributed by atoms with Crippen LogP contribution in [0.4, 0.5) is 0 Å². The van der Waals surface area contributed by atoms with Gasteiger partial charge in [-0.3, -0.25) is 19.3 Å². The van der Waals surface area contributed by atoms with E-state index in [-0.39, 0.29) is 35.9 Å². The van der Waals surface area contributed by atoms with Gasteiger partial charge < -0.3 is 5.32 Å².